The Kier molecular flexibility index (Phi) is 5.82. The van der Waals surface area contributed by atoms with E-state index >= 15 is 0 Å². The molecule has 1 amide bonds. The van der Waals surface area contributed by atoms with Gasteiger partial charge in [0.2, 0.25) is 0 Å². The molecule has 1 N–H and O–H groups in total. The molecule has 1 aromatic heterocycles. The van der Waals surface area contributed by atoms with Crippen LogP contribution >= 0.6 is 11.3 Å². The smallest absolute Gasteiger partial charge is 0.265 e. The molecule has 1 heterocycles. The largest absolute Gasteiger partial charge is 0.497 e. The number of carbonyl (C=O) groups excluding carboxylic acids is 1. The van der Waals surface area contributed by atoms with Crippen molar-refractivity contribution in [1.82, 2.24) is 0 Å². The molecule has 150 valence electrons. The first-order valence-corrected chi connectivity index (χ1v) is 10.3. The molecular weight excluding hydrogens is 394 g/mol. The highest BCUT2D eigenvalue weighted by Gasteiger charge is 2.18. The topological polar surface area (TPSA) is 47.6 Å². The number of carbonyl (C=O) groups is 1. The van der Waals surface area contributed by atoms with Crippen LogP contribution in [0.4, 0.5) is 5.69 Å². The average Bonchev–Trinajstić information content (AvgIpc) is 3.25. The maximum atomic E-state index is 12.9. The van der Waals surface area contributed by atoms with Crippen molar-refractivity contribution < 1.29 is 14.3 Å². The van der Waals surface area contributed by atoms with Gasteiger partial charge in [-0.05, 0) is 65.7 Å². The minimum absolute atomic E-state index is 0.124. The fraction of sp³-hybridized carbons (Fsp3) is 0.0800. The van der Waals surface area contributed by atoms with Gasteiger partial charge in [-0.3, -0.25) is 4.79 Å². The third-order valence-electron chi connectivity index (χ3n) is 4.74. The number of ether oxygens (including phenoxy) is 2. The lowest BCUT2D eigenvalue weighted by atomic mass is 10.0. The summed E-state index contributed by atoms with van der Waals surface area (Å²) < 4.78 is 10.6. The minimum atomic E-state index is -0.124. The van der Waals surface area contributed by atoms with E-state index in [-0.39, 0.29) is 5.91 Å². The summed E-state index contributed by atoms with van der Waals surface area (Å²) in [7, 11) is 3.30. The zero-order chi connectivity index (χ0) is 20.9. The molecule has 3 aromatic carbocycles. The Morgan fingerprint density at radius 3 is 1.90 bits per heavy atom. The van der Waals surface area contributed by atoms with Crippen LogP contribution in [0.25, 0.3) is 21.6 Å². The highest BCUT2D eigenvalue weighted by Crippen LogP contribution is 2.40. The number of rotatable bonds is 6. The van der Waals surface area contributed by atoms with E-state index in [1.807, 2.05) is 84.9 Å². The predicted molar refractivity (Wildman–Crippen MR) is 123 cm³/mol. The van der Waals surface area contributed by atoms with E-state index in [0.717, 1.165) is 38.8 Å². The summed E-state index contributed by atoms with van der Waals surface area (Å²) in [6, 6.07) is 27.2. The van der Waals surface area contributed by atoms with Crippen molar-refractivity contribution in [3.8, 4) is 33.1 Å². The van der Waals surface area contributed by atoms with Crippen LogP contribution in [0.3, 0.4) is 0 Å². The molecule has 0 aliphatic rings. The fourth-order valence-electron chi connectivity index (χ4n) is 3.16. The second kappa shape index (κ2) is 8.84. The van der Waals surface area contributed by atoms with Crippen molar-refractivity contribution in [3.05, 3.63) is 89.8 Å². The van der Waals surface area contributed by atoms with Gasteiger partial charge in [0.15, 0.2) is 0 Å². The first kappa shape index (κ1) is 19.7. The summed E-state index contributed by atoms with van der Waals surface area (Å²) in [4.78, 5) is 14.6. The van der Waals surface area contributed by atoms with Crippen LogP contribution in [0.5, 0.6) is 11.5 Å². The number of thiophene rings is 1. The van der Waals surface area contributed by atoms with Crippen molar-refractivity contribution in [2.75, 3.05) is 19.5 Å². The van der Waals surface area contributed by atoms with Gasteiger partial charge in [-0.1, -0.05) is 30.3 Å². The monoisotopic (exact) mass is 415 g/mol. The Labute approximate surface area is 179 Å². The molecule has 0 atom stereocenters. The summed E-state index contributed by atoms with van der Waals surface area (Å²) in [5.41, 5.74) is 3.83. The number of para-hydroxylation sites is 1. The van der Waals surface area contributed by atoms with E-state index in [4.69, 9.17) is 9.47 Å². The van der Waals surface area contributed by atoms with Crippen LogP contribution in [0.1, 0.15) is 9.67 Å². The second-order valence-corrected chi connectivity index (χ2v) is 7.68. The number of benzene rings is 3. The summed E-state index contributed by atoms with van der Waals surface area (Å²) >= 11 is 1.47. The number of amides is 1. The average molecular weight is 416 g/mol. The Morgan fingerprint density at radius 2 is 1.33 bits per heavy atom. The maximum Gasteiger partial charge on any atom is 0.265 e. The van der Waals surface area contributed by atoms with Crippen LogP contribution in [0, 0.1) is 0 Å². The molecule has 0 fully saturated rings. The first-order chi connectivity index (χ1) is 14.7. The van der Waals surface area contributed by atoms with Crippen molar-refractivity contribution in [2.24, 2.45) is 0 Å². The summed E-state index contributed by atoms with van der Waals surface area (Å²) in [5, 5.41) is 2.97. The van der Waals surface area contributed by atoms with E-state index in [0.29, 0.717) is 4.88 Å². The van der Waals surface area contributed by atoms with Crippen LogP contribution in [-0.2, 0) is 0 Å². The molecule has 0 radical (unpaired) electrons. The maximum absolute atomic E-state index is 12.9. The minimum Gasteiger partial charge on any atom is -0.497 e. The molecule has 0 bridgehead atoms. The predicted octanol–water partition coefficient (Wildman–Crippen LogP) is 6.35. The number of nitrogens with one attached hydrogen (secondary N) is 1. The fourth-order valence-corrected chi connectivity index (χ4v) is 4.24. The lowest BCUT2D eigenvalue weighted by Crippen LogP contribution is -2.09. The number of anilines is 1. The molecular formula is C25H21NO3S. The third-order valence-corrected chi connectivity index (χ3v) is 5.92. The SMILES string of the molecule is COc1ccc(-c2cc(C(=O)Nc3ccccc3)sc2-c2ccc(OC)cc2)cc1. The van der Waals surface area contributed by atoms with Gasteiger partial charge >= 0.3 is 0 Å². The standard InChI is InChI=1S/C25H21NO3S/c1-28-20-12-8-17(9-13-20)22-16-23(25(27)26-19-6-4-3-5-7-19)30-24(22)18-10-14-21(29-2)15-11-18/h3-16H,1-2H3,(H,26,27). The van der Waals surface area contributed by atoms with E-state index < -0.39 is 0 Å². The van der Waals surface area contributed by atoms with Gasteiger partial charge in [0.25, 0.3) is 5.91 Å². The molecule has 5 heteroatoms. The summed E-state index contributed by atoms with van der Waals surface area (Å²) in [5.74, 6) is 1.46. The third kappa shape index (κ3) is 4.21. The summed E-state index contributed by atoms with van der Waals surface area (Å²) in [6.07, 6.45) is 0. The lowest BCUT2D eigenvalue weighted by molar-refractivity contribution is 0.103. The highest BCUT2D eigenvalue weighted by atomic mass is 32.1. The zero-order valence-corrected chi connectivity index (χ0v) is 17.5. The van der Waals surface area contributed by atoms with Gasteiger partial charge in [0.1, 0.15) is 11.5 Å². The van der Waals surface area contributed by atoms with Crippen LogP contribution in [-0.4, -0.2) is 20.1 Å². The van der Waals surface area contributed by atoms with Crippen molar-refractivity contribution in [1.29, 1.82) is 0 Å². The summed E-state index contributed by atoms with van der Waals surface area (Å²) in [6.45, 7) is 0. The highest BCUT2D eigenvalue weighted by molar-refractivity contribution is 7.18. The lowest BCUT2D eigenvalue weighted by Gasteiger charge is -2.07. The van der Waals surface area contributed by atoms with Crippen molar-refractivity contribution in [2.45, 2.75) is 0 Å². The Balaban J connectivity index is 1.74. The molecule has 0 aliphatic carbocycles. The molecule has 0 unspecified atom stereocenters. The van der Waals surface area contributed by atoms with E-state index in [1.54, 1.807) is 14.2 Å². The number of hydrogen-bond donors (Lipinski definition) is 1. The molecule has 0 saturated heterocycles. The molecule has 30 heavy (non-hydrogen) atoms. The second-order valence-electron chi connectivity index (χ2n) is 6.63. The van der Waals surface area contributed by atoms with Crippen LogP contribution < -0.4 is 14.8 Å². The normalized spacial score (nSPS) is 10.5. The molecule has 4 nitrogen and oxygen atoms in total. The molecule has 0 spiro atoms. The van der Waals surface area contributed by atoms with Gasteiger partial charge in [-0.15, -0.1) is 11.3 Å². The van der Waals surface area contributed by atoms with Gasteiger partial charge in [-0.25, -0.2) is 0 Å². The van der Waals surface area contributed by atoms with Gasteiger partial charge in [0.05, 0.1) is 19.1 Å². The Bertz CT molecular complexity index is 1070. The number of hydrogen-bond acceptors (Lipinski definition) is 4. The molecule has 4 aromatic rings. The van der Waals surface area contributed by atoms with E-state index in [1.165, 1.54) is 11.3 Å². The van der Waals surface area contributed by atoms with E-state index in [9.17, 15) is 4.79 Å². The van der Waals surface area contributed by atoms with Gasteiger partial charge in [-0.2, -0.15) is 0 Å². The van der Waals surface area contributed by atoms with Crippen LogP contribution in [0.15, 0.2) is 84.9 Å². The van der Waals surface area contributed by atoms with Gasteiger partial charge < -0.3 is 14.8 Å². The first-order valence-electron chi connectivity index (χ1n) is 9.47. The van der Waals surface area contributed by atoms with Crippen molar-refractivity contribution in [3.63, 3.8) is 0 Å². The number of methoxy groups -OCH3 is 2. The molecule has 0 aliphatic heterocycles. The Hall–Kier alpha value is -3.57. The van der Waals surface area contributed by atoms with Crippen LogP contribution in [0.2, 0.25) is 0 Å². The van der Waals surface area contributed by atoms with E-state index in [2.05, 4.69) is 5.32 Å². The van der Waals surface area contributed by atoms with Crippen molar-refractivity contribution >= 4 is 22.9 Å². The Morgan fingerprint density at radius 1 is 0.767 bits per heavy atom. The molecule has 4 rings (SSSR count). The quantitative estimate of drug-likeness (QED) is 0.399. The molecule has 0 saturated carbocycles. The zero-order valence-electron chi connectivity index (χ0n) is 16.7. The van der Waals surface area contributed by atoms with Gasteiger partial charge in [0, 0.05) is 16.1 Å².